The van der Waals surface area contributed by atoms with Crippen LogP contribution in [0.5, 0.6) is 0 Å². The number of hydrogen-bond acceptors (Lipinski definition) is 3. The van der Waals surface area contributed by atoms with Crippen LogP contribution in [-0.2, 0) is 4.74 Å². The molecule has 0 aromatic carbocycles. The van der Waals surface area contributed by atoms with Crippen LogP contribution in [0.3, 0.4) is 0 Å². The highest BCUT2D eigenvalue weighted by Gasteiger charge is 2.30. The highest BCUT2D eigenvalue weighted by molar-refractivity contribution is 4.83. The average molecular weight is 268 g/mol. The van der Waals surface area contributed by atoms with Crippen LogP contribution in [0.2, 0.25) is 0 Å². The second-order valence-corrected chi connectivity index (χ2v) is 7.13. The Morgan fingerprint density at radius 1 is 1.16 bits per heavy atom. The summed E-state index contributed by atoms with van der Waals surface area (Å²) in [5.41, 5.74) is 0.555. The minimum Gasteiger partial charge on any atom is -0.372 e. The summed E-state index contributed by atoms with van der Waals surface area (Å²) in [5, 5.41) is 3.47. The summed E-state index contributed by atoms with van der Waals surface area (Å²) in [6, 6.07) is 0. The second kappa shape index (κ2) is 7.05. The number of nitrogens with zero attached hydrogens (tertiary/aromatic N) is 1. The molecule has 0 spiro atoms. The van der Waals surface area contributed by atoms with Gasteiger partial charge in [0.15, 0.2) is 0 Å². The summed E-state index contributed by atoms with van der Waals surface area (Å²) in [6.07, 6.45) is 7.30. The van der Waals surface area contributed by atoms with Gasteiger partial charge in [0.1, 0.15) is 0 Å². The SMILES string of the molecule is CCCNCC1CCC(CN2CCC(C)(C)CC2)O1. The zero-order chi connectivity index (χ0) is 13.7. The highest BCUT2D eigenvalue weighted by Crippen LogP contribution is 2.30. The van der Waals surface area contributed by atoms with Gasteiger partial charge in [-0.1, -0.05) is 20.8 Å². The minimum absolute atomic E-state index is 0.456. The fourth-order valence-electron chi connectivity index (χ4n) is 3.13. The van der Waals surface area contributed by atoms with E-state index in [2.05, 4.69) is 31.0 Å². The summed E-state index contributed by atoms with van der Waals surface area (Å²) in [7, 11) is 0. The summed E-state index contributed by atoms with van der Waals surface area (Å²) in [4.78, 5) is 2.61. The summed E-state index contributed by atoms with van der Waals surface area (Å²) in [5.74, 6) is 0. The van der Waals surface area contributed by atoms with Gasteiger partial charge in [-0.2, -0.15) is 0 Å². The van der Waals surface area contributed by atoms with Crippen LogP contribution in [0, 0.1) is 5.41 Å². The minimum atomic E-state index is 0.456. The lowest BCUT2D eigenvalue weighted by Crippen LogP contribution is -2.41. The maximum absolute atomic E-state index is 6.16. The van der Waals surface area contributed by atoms with Gasteiger partial charge in [-0.05, 0) is 57.2 Å². The zero-order valence-electron chi connectivity index (χ0n) is 13.1. The van der Waals surface area contributed by atoms with E-state index in [1.807, 2.05) is 0 Å². The van der Waals surface area contributed by atoms with Crippen LogP contribution in [0.4, 0.5) is 0 Å². The quantitative estimate of drug-likeness (QED) is 0.750. The van der Waals surface area contributed by atoms with Crippen molar-refractivity contribution in [1.29, 1.82) is 0 Å². The van der Waals surface area contributed by atoms with E-state index in [4.69, 9.17) is 4.74 Å². The maximum atomic E-state index is 6.16. The molecule has 0 aromatic rings. The van der Waals surface area contributed by atoms with Crippen molar-refractivity contribution >= 4 is 0 Å². The van der Waals surface area contributed by atoms with Crippen LogP contribution in [0.15, 0.2) is 0 Å². The molecule has 19 heavy (non-hydrogen) atoms. The molecule has 2 aliphatic rings. The Hall–Kier alpha value is -0.120. The van der Waals surface area contributed by atoms with Gasteiger partial charge in [-0.25, -0.2) is 0 Å². The number of rotatable bonds is 6. The van der Waals surface area contributed by atoms with E-state index in [0.29, 0.717) is 17.6 Å². The van der Waals surface area contributed by atoms with Crippen LogP contribution in [-0.4, -0.2) is 49.8 Å². The van der Waals surface area contributed by atoms with Crippen molar-refractivity contribution in [1.82, 2.24) is 10.2 Å². The lowest BCUT2D eigenvalue weighted by Gasteiger charge is -2.37. The Bertz CT molecular complexity index is 257. The topological polar surface area (TPSA) is 24.5 Å². The fourth-order valence-corrected chi connectivity index (χ4v) is 3.13. The molecule has 2 atom stereocenters. The van der Waals surface area contributed by atoms with Gasteiger partial charge < -0.3 is 15.0 Å². The van der Waals surface area contributed by atoms with E-state index < -0.39 is 0 Å². The van der Waals surface area contributed by atoms with Crippen molar-refractivity contribution in [3.05, 3.63) is 0 Å². The number of hydrogen-bond donors (Lipinski definition) is 1. The molecule has 3 heteroatoms. The van der Waals surface area contributed by atoms with Crippen molar-refractivity contribution in [3.63, 3.8) is 0 Å². The van der Waals surface area contributed by atoms with E-state index in [9.17, 15) is 0 Å². The molecule has 2 aliphatic heterocycles. The largest absolute Gasteiger partial charge is 0.372 e. The third-order valence-electron chi connectivity index (χ3n) is 4.67. The van der Waals surface area contributed by atoms with Crippen molar-refractivity contribution in [2.75, 3.05) is 32.7 Å². The molecule has 2 heterocycles. The Morgan fingerprint density at radius 2 is 1.84 bits per heavy atom. The Morgan fingerprint density at radius 3 is 2.53 bits per heavy atom. The monoisotopic (exact) mass is 268 g/mol. The predicted molar refractivity (Wildman–Crippen MR) is 80.5 cm³/mol. The first-order valence-corrected chi connectivity index (χ1v) is 8.17. The van der Waals surface area contributed by atoms with Crippen LogP contribution in [0.1, 0.15) is 52.9 Å². The molecule has 0 amide bonds. The van der Waals surface area contributed by atoms with Gasteiger partial charge in [0.25, 0.3) is 0 Å². The summed E-state index contributed by atoms with van der Waals surface area (Å²) < 4.78 is 6.16. The number of nitrogens with one attached hydrogen (secondary N) is 1. The van der Waals surface area contributed by atoms with E-state index in [1.54, 1.807) is 0 Å². The first-order chi connectivity index (χ1) is 9.09. The molecule has 0 saturated carbocycles. The molecular formula is C16H32N2O. The molecule has 0 bridgehead atoms. The highest BCUT2D eigenvalue weighted by atomic mass is 16.5. The van der Waals surface area contributed by atoms with Gasteiger partial charge in [0, 0.05) is 13.1 Å². The normalized spacial score (nSPS) is 31.7. The van der Waals surface area contributed by atoms with E-state index in [-0.39, 0.29) is 0 Å². The van der Waals surface area contributed by atoms with Gasteiger partial charge in [0.05, 0.1) is 12.2 Å². The molecule has 3 nitrogen and oxygen atoms in total. The van der Waals surface area contributed by atoms with Gasteiger partial charge in [-0.3, -0.25) is 0 Å². The lowest BCUT2D eigenvalue weighted by atomic mass is 9.82. The third kappa shape index (κ3) is 5.05. The number of ether oxygens (including phenoxy) is 1. The number of likely N-dealkylation sites (tertiary alicyclic amines) is 1. The molecule has 2 unspecified atom stereocenters. The molecule has 0 aliphatic carbocycles. The van der Waals surface area contributed by atoms with E-state index in [1.165, 1.54) is 45.2 Å². The molecule has 112 valence electrons. The van der Waals surface area contributed by atoms with Crippen molar-refractivity contribution < 1.29 is 4.74 Å². The Labute approximate surface area is 119 Å². The molecule has 2 fully saturated rings. The average Bonchev–Trinajstić information content (AvgIpc) is 2.80. The Balaban J connectivity index is 1.62. The lowest BCUT2D eigenvalue weighted by molar-refractivity contribution is 0.0115. The van der Waals surface area contributed by atoms with Crippen molar-refractivity contribution in [3.8, 4) is 0 Å². The summed E-state index contributed by atoms with van der Waals surface area (Å²) >= 11 is 0. The number of piperidine rings is 1. The standard InChI is InChI=1S/C16H32N2O/c1-4-9-17-12-14-5-6-15(19-14)13-18-10-7-16(2,3)8-11-18/h14-15,17H,4-13H2,1-3H3. The smallest absolute Gasteiger partial charge is 0.0707 e. The first-order valence-electron chi connectivity index (χ1n) is 8.17. The van der Waals surface area contributed by atoms with Crippen molar-refractivity contribution in [2.24, 2.45) is 5.41 Å². The molecule has 0 aromatic heterocycles. The Kier molecular flexibility index (Phi) is 5.67. The molecule has 1 N–H and O–H groups in total. The summed E-state index contributed by atoms with van der Waals surface area (Å²) in [6.45, 7) is 12.8. The van der Waals surface area contributed by atoms with Gasteiger partial charge in [-0.15, -0.1) is 0 Å². The molecule has 2 rings (SSSR count). The molecule has 2 saturated heterocycles. The first kappa shape index (κ1) is 15.3. The molecular weight excluding hydrogens is 236 g/mol. The van der Waals surface area contributed by atoms with Gasteiger partial charge in [0.2, 0.25) is 0 Å². The fraction of sp³-hybridized carbons (Fsp3) is 1.00. The maximum Gasteiger partial charge on any atom is 0.0707 e. The van der Waals surface area contributed by atoms with E-state index >= 15 is 0 Å². The van der Waals surface area contributed by atoms with Crippen LogP contribution >= 0.6 is 0 Å². The van der Waals surface area contributed by atoms with Crippen LogP contribution < -0.4 is 5.32 Å². The predicted octanol–water partition coefficient (Wildman–Crippen LogP) is 2.66. The van der Waals surface area contributed by atoms with Gasteiger partial charge >= 0.3 is 0 Å². The molecule has 0 radical (unpaired) electrons. The van der Waals surface area contributed by atoms with E-state index in [0.717, 1.165) is 19.6 Å². The second-order valence-electron chi connectivity index (χ2n) is 7.13. The third-order valence-corrected chi connectivity index (χ3v) is 4.67. The van der Waals surface area contributed by atoms with Crippen molar-refractivity contribution in [2.45, 2.75) is 65.1 Å². The zero-order valence-corrected chi connectivity index (χ0v) is 13.1. The van der Waals surface area contributed by atoms with Crippen LogP contribution in [0.25, 0.3) is 0 Å².